The van der Waals surface area contributed by atoms with E-state index in [1.807, 2.05) is 0 Å². The molecular formula is C17H11F2N2O4S2-. The lowest BCUT2D eigenvalue weighted by atomic mass is 10.3. The molecule has 0 N–H and O–H groups in total. The molecule has 1 aromatic carbocycles. The van der Waals surface area contributed by atoms with Crippen LogP contribution in [0.5, 0.6) is 0 Å². The highest BCUT2D eigenvalue weighted by molar-refractivity contribution is 8.00. The average molecular weight is 409 g/mol. The van der Waals surface area contributed by atoms with Crippen LogP contribution in [0.15, 0.2) is 52.5 Å². The molecule has 0 spiro atoms. The van der Waals surface area contributed by atoms with Crippen molar-refractivity contribution in [3.8, 4) is 0 Å². The maximum atomic E-state index is 12.6. The molecular weight excluding hydrogens is 398 g/mol. The van der Waals surface area contributed by atoms with Gasteiger partial charge in [-0.25, -0.2) is 9.88 Å². The first-order valence-electron chi connectivity index (χ1n) is 7.61. The molecule has 1 aliphatic rings. The molecule has 0 aliphatic carbocycles. The highest BCUT2D eigenvalue weighted by Gasteiger charge is 2.40. The SMILES string of the molecule is O=C([O-])c1cccnc1S[C@H]1CC(=O)N(c2ccc(SC(F)F)cc2)C1=O. The summed E-state index contributed by atoms with van der Waals surface area (Å²) < 4.78 is 24.8. The predicted octanol–water partition coefficient (Wildman–Crippen LogP) is 2.18. The van der Waals surface area contributed by atoms with Crippen molar-refractivity contribution >= 4 is 47.0 Å². The van der Waals surface area contributed by atoms with Crippen LogP contribution in [-0.2, 0) is 9.59 Å². The first-order valence-corrected chi connectivity index (χ1v) is 9.37. The number of pyridine rings is 1. The molecule has 1 aliphatic heterocycles. The normalized spacial score (nSPS) is 17.0. The number of amides is 2. The number of rotatable bonds is 6. The summed E-state index contributed by atoms with van der Waals surface area (Å²) >= 11 is 1.24. The van der Waals surface area contributed by atoms with Gasteiger partial charge in [-0.05, 0) is 36.4 Å². The summed E-state index contributed by atoms with van der Waals surface area (Å²) in [5.41, 5.74) is 0.113. The number of aromatic nitrogens is 1. The van der Waals surface area contributed by atoms with Gasteiger partial charge in [0, 0.05) is 23.1 Å². The molecule has 140 valence electrons. The largest absolute Gasteiger partial charge is 0.545 e. The Bertz CT molecular complexity index is 893. The van der Waals surface area contributed by atoms with E-state index in [-0.39, 0.29) is 22.7 Å². The van der Waals surface area contributed by atoms with E-state index in [0.717, 1.165) is 16.7 Å². The lowest BCUT2D eigenvalue weighted by Gasteiger charge is -2.16. The van der Waals surface area contributed by atoms with E-state index in [1.165, 1.54) is 42.6 Å². The van der Waals surface area contributed by atoms with Crippen molar-refractivity contribution in [1.29, 1.82) is 0 Å². The number of hydrogen-bond donors (Lipinski definition) is 0. The monoisotopic (exact) mass is 409 g/mol. The number of halogens is 2. The van der Waals surface area contributed by atoms with Crippen LogP contribution in [-0.4, -0.2) is 33.8 Å². The Morgan fingerprint density at radius 2 is 1.93 bits per heavy atom. The van der Waals surface area contributed by atoms with Gasteiger partial charge in [-0.15, -0.1) is 0 Å². The lowest BCUT2D eigenvalue weighted by Crippen LogP contribution is -2.31. The first kappa shape index (κ1) is 19.3. The predicted molar refractivity (Wildman–Crippen MR) is 93.6 cm³/mol. The number of carbonyl (C=O) groups excluding carboxylic acids is 3. The molecule has 1 atom stereocenters. The van der Waals surface area contributed by atoms with Gasteiger partial charge in [0.15, 0.2) is 0 Å². The van der Waals surface area contributed by atoms with Gasteiger partial charge >= 0.3 is 0 Å². The number of carboxylic acid groups (broad SMARTS) is 1. The number of hydrogen-bond acceptors (Lipinski definition) is 7. The van der Waals surface area contributed by atoms with Crippen LogP contribution in [0, 0.1) is 0 Å². The van der Waals surface area contributed by atoms with Gasteiger partial charge in [0.25, 0.3) is 5.76 Å². The molecule has 1 saturated heterocycles. The standard InChI is InChI=1S/C17H12F2N2O4S2/c18-17(19)26-10-5-3-9(4-6-10)21-13(22)8-12(15(21)23)27-14-11(16(24)25)2-1-7-20-14/h1-7,12,17H,8H2,(H,24,25)/p-1/t12-/m0/s1. The van der Waals surface area contributed by atoms with Crippen LogP contribution in [0.3, 0.4) is 0 Å². The highest BCUT2D eigenvalue weighted by atomic mass is 32.2. The van der Waals surface area contributed by atoms with Gasteiger partial charge in [-0.2, -0.15) is 8.78 Å². The van der Waals surface area contributed by atoms with Crippen LogP contribution in [0.1, 0.15) is 16.8 Å². The van der Waals surface area contributed by atoms with Gasteiger partial charge in [0.05, 0.1) is 16.9 Å². The van der Waals surface area contributed by atoms with Crippen LogP contribution in [0.25, 0.3) is 0 Å². The number of aromatic carboxylic acids is 1. The summed E-state index contributed by atoms with van der Waals surface area (Å²) in [5, 5.41) is 10.4. The zero-order chi connectivity index (χ0) is 19.6. The van der Waals surface area contributed by atoms with Crippen molar-refractivity contribution in [2.24, 2.45) is 0 Å². The number of carbonyl (C=O) groups is 3. The fourth-order valence-electron chi connectivity index (χ4n) is 2.52. The zero-order valence-electron chi connectivity index (χ0n) is 13.5. The Balaban J connectivity index is 1.78. The van der Waals surface area contributed by atoms with E-state index < -0.39 is 28.8 Å². The van der Waals surface area contributed by atoms with Crippen molar-refractivity contribution in [3.63, 3.8) is 0 Å². The molecule has 27 heavy (non-hydrogen) atoms. The average Bonchev–Trinajstić information content (AvgIpc) is 2.89. The van der Waals surface area contributed by atoms with E-state index in [4.69, 9.17) is 0 Å². The van der Waals surface area contributed by atoms with Crippen LogP contribution >= 0.6 is 23.5 Å². The minimum absolute atomic E-state index is 0.0918. The molecule has 0 radical (unpaired) electrons. The molecule has 0 saturated carbocycles. The summed E-state index contributed by atoms with van der Waals surface area (Å²) in [7, 11) is 0. The van der Waals surface area contributed by atoms with Crippen molar-refractivity contribution in [3.05, 3.63) is 48.2 Å². The maximum Gasteiger partial charge on any atom is 0.288 e. The van der Waals surface area contributed by atoms with E-state index in [9.17, 15) is 28.3 Å². The van der Waals surface area contributed by atoms with E-state index in [0.29, 0.717) is 16.7 Å². The smallest absolute Gasteiger partial charge is 0.288 e. The number of nitrogens with zero attached hydrogens (tertiary/aromatic N) is 2. The fourth-order valence-corrected chi connectivity index (χ4v) is 4.12. The van der Waals surface area contributed by atoms with E-state index in [2.05, 4.69) is 4.98 Å². The van der Waals surface area contributed by atoms with Gasteiger partial charge in [0.2, 0.25) is 11.8 Å². The van der Waals surface area contributed by atoms with Gasteiger partial charge < -0.3 is 9.90 Å². The molecule has 2 amide bonds. The number of alkyl halides is 2. The second-order valence-corrected chi connectivity index (χ2v) is 7.65. The lowest BCUT2D eigenvalue weighted by molar-refractivity contribution is -0.255. The van der Waals surface area contributed by atoms with Gasteiger partial charge in [-0.1, -0.05) is 23.5 Å². The zero-order valence-corrected chi connectivity index (χ0v) is 15.1. The van der Waals surface area contributed by atoms with Crippen molar-refractivity contribution in [2.75, 3.05) is 4.90 Å². The highest BCUT2D eigenvalue weighted by Crippen LogP contribution is 2.35. The third-order valence-electron chi connectivity index (χ3n) is 3.67. The third kappa shape index (κ3) is 4.28. The first-order chi connectivity index (χ1) is 12.9. The van der Waals surface area contributed by atoms with Crippen LogP contribution < -0.4 is 10.0 Å². The summed E-state index contributed by atoms with van der Waals surface area (Å²) in [4.78, 5) is 41.3. The van der Waals surface area contributed by atoms with Crippen molar-refractivity contribution < 1.29 is 28.3 Å². The number of thioether (sulfide) groups is 2. The Kier molecular flexibility index (Phi) is 5.76. The molecule has 6 nitrogen and oxygen atoms in total. The second kappa shape index (κ2) is 8.05. The number of anilines is 1. The third-order valence-corrected chi connectivity index (χ3v) is 5.59. The summed E-state index contributed by atoms with van der Waals surface area (Å²) in [6.45, 7) is 0. The van der Waals surface area contributed by atoms with Crippen molar-refractivity contribution in [1.82, 2.24) is 4.98 Å². The van der Waals surface area contributed by atoms with Crippen LogP contribution in [0.4, 0.5) is 14.5 Å². The van der Waals surface area contributed by atoms with Gasteiger partial charge in [-0.3, -0.25) is 9.59 Å². The molecule has 2 aromatic rings. The van der Waals surface area contributed by atoms with Crippen LogP contribution in [0.2, 0.25) is 0 Å². The van der Waals surface area contributed by atoms with E-state index in [1.54, 1.807) is 0 Å². The van der Waals surface area contributed by atoms with E-state index >= 15 is 0 Å². The molecule has 10 heteroatoms. The summed E-state index contributed by atoms with van der Waals surface area (Å²) in [6, 6.07) is 8.38. The molecule has 0 bridgehead atoms. The second-order valence-electron chi connectivity index (χ2n) is 5.39. The Morgan fingerprint density at radius 3 is 2.56 bits per heavy atom. The minimum Gasteiger partial charge on any atom is -0.545 e. The Morgan fingerprint density at radius 1 is 1.22 bits per heavy atom. The maximum absolute atomic E-state index is 12.6. The molecule has 2 heterocycles. The summed E-state index contributed by atoms with van der Waals surface area (Å²) in [5.74, 6) is -4.97. The Hall–Kier alpha value is -2.46. The minimum atomic E-state index is -2.57. The quantitative estimate of drug-likeness (QED) is 0.534. The molecule has 1 aromatic heterocycles. The molecule has 1 fully saturated rings. The summed E-state index contributed by atoms with van der Waals surface area (Å²) in [6.07, 6.45) is 1.26. The topological polar surface area (TPSA) is 90.4 Å². The number of carboxylic acids is 1. The number of benzene rings is 1. The van der Waals surface area contributed by atoms with Crippen molar-refractivity contribution in [2.45, 2.75) is 27.3 Å². The Labute approximate surface area is 161 Å². The molecule has 0 unspecified atom stereocenters. The number of imide groups is 1. The van der Waals surface area contributed by atoms with Gasteiger partial charge in [0.1, 0.15) is 5.03 Å². The molecule has 3 rings (SSSR count). The fraction of sp³-hybridized carbons (Fsp3) is 0.176.